The van der Waals surface area contributed by atoms with E-state index in [9.17, 15) is 4.79 Å². The number of hydrogen-bond donors (Lipinski definition) is 2. The van der Waals surface area contributed by atoms with Gasteiger partial charge in [-0.05, 0) is 12.1 Å². The second-order valence-electron chi connectivity index (χ2n) is 3.17. The number of aromatic amines is 1. The van der Waals surface area contributed by atoms with Gasteiger partial charge in [0.2, 0.25) is 5.91 Å². The Kier molecular flexibility index (Phi) is 2.78. The lowest BCUT2D eigenvalue weighted by atomic mass is 10.3. The molecule has 4 nitrogen and oxygen atoms in total. The first-order valence-electron chi connectivity index (χ1n) is 4.67. The van der Waals surface area contributed by atoms with Crippen molar-refractivity contribution in [1.29, 1.82) is 0 Å². The standard InChI is InChI=1S/C11H11N3O/c15-11(6-10-7-12-8-13-10)14-9-4-2-1-3-5-9/h1-5,7-8H,6H2,(H,12,13)(H,14,15). The lowest BCUT2D eigenvalue weighted by Crippen LogP contribution is -2.14. The normalized spacial score (nSPS) is 9.87. The van der Waals surface area contributed by atoms with E-state index in [0.717, 1.165) is 11.4 Å². The minimum absolute atomic E-state index is 0.0505. The highest BCUT2D eigenvalue weighted by molar-refractivity contribution is 5.91. The Morgan fingerprint density at radius 1 is 1.33 bits per heavy atom. The van der Waals surface area contributed by atoms with Crippen LogP contribution in [0.15, 0.2) is 42.9 Å². The summed E-state index contributed by atoms with van der Waals surface area (Å²) in [5.74, 6) is -0.0505. The van der Waals surface area contributed by atoms with Crippen molar-refractivity contribution < 1.29 is 4.79 Å². The maximum atomic E-state index is 11.5. The van der Waals surface area contributed by atoms with E-state index in [1.54, 1.807) is 12.5 Å². The van der Waals surface area contributed by atoms with E-state index in [1.807, 2.05) is 30.3 Å². The summed E-state index contributed by atoms with van der Waals surface area (Å²) in [6.45, 7) is 0. The van der Waals surface area contributed by atoms with E-state index >= 15 is 0 Å². The average Bonchev–Trinajstić information content (AvgIpc) is 2.71. The SMILES string of the molecule is O=C(Cc1cnc[nH]1)Nc1ccccc1. The lowest BCUT2D eigenvalue weighted by molar-refractivity contribution is -0.115. The lowest BCUT2D eigenvalue weighted by Gasteiger charge is -2.02. The summed E-state index contributed by atoms with van der Waals surface area (Å²) >= 11 is 0. The number of imidazole rings is 1. The summed E-state index contributed by atoms with van der Waals surface area (Å²) in [5, 5.41) is 2.79. The zero-order valence-electron chi connectivity index (χ0n) is 8.10. The molecule has 0 aliphatic heterocycles. The Hall–Kier alpha value is -2.10. The number of nitrogens with zero attached hydrogens (tertiary/aromatic N) is 1. The highest BCUT2D eigenvalue weighted by atomic mass is 16.1. The van der Waals surface area contributed by atoms with Crippen LogP contribution < -0.4 is 5.32 Å². The molecule has 1 heterocycles. The molecule has 0 radical (unpaired) electrons. The minimum atomic E-state index is -0.0505. The van der Waals surface area contributed by atoms with E-state index in [0.29, 0.717) is 6.42 Å². The first-order valence-corrected chi connectivity index (χ1v) is 4.67. The smallest absolute Gasteiger partial charge is 0.230 e. The minimum Gasteiger partial charge on any atom is -0.348 e. The third kappa shape index (κ3) is 2.67. The highest BCUT2D eigenvalue weighted by Gasteiger charge is 2.03. The average molecular weight is 201 g/mol. The maximum Gasteiger partial charge on any atom is 0.230 e. The number of para-hydroxylation sites is 1. The Balaban J connectivity index is 1.94. The molecule has 2 N–H and O–H groups in total. The third-order valence-electron chi connectivity index (χ3n) is 1.96. The van der Waals surface area contributed by atoms with Crippen molar-refractivity contribution in [3.8, 4) is 0 Å². The van der Waals surface area contributed by atoms with Crippen molar-refractivity contribution >= 4 is 11.6 Å². The van der Waals surface area contributed by atoms with Crippen molar-refractivity contribution in [3.63, 3.8) is 0 Å². The molecule has 0 unspecified atom stereocenters. The van der Waals surface area contributed by atoms with Gasteiger partial charge in [0.15, 0.2) is 0 Å². The van der Waals surface area contributed by atoms with Crippen LogP contribution in [0, 0.1) is 0 Å². The number of H-pyrrole nitrogens is 1. The summed E-state index contributed by atoms with van der Waals surface area (Å²) in [5.41, 5.74) is 1.62. The van der Waals surface area contributed by atoms with E-state index in [4.69, 9.17) is 0 Å². The molecule has 0 saturated carbocycles. The molecule has 1 aromatic heterocycles. The fourth-order valence-corrected chi connectivity index (χ4v) is 1.28. The Bertz CT molecular complexity index is 422. The van der Waals surface area contributed by atoms with Crippen molar-refractivity contribution in [1.82, 2.24) is 9.97 Å². The molecule has 1 amide bonds. The second kappa shape index (κ2) is 4.41. The highest BCUT2D eigenvalue weighted by Crippen LogP contribution is 2.05. The first-order chi connectivity index (χ1) is 7.34. The van der Waals surface area contributed by atoms with Crippen molar-refractivity contribution in [2.45, 2.75) is 6.42 Å². The van der Waals surface area contributed by atoms with Crippen molar-refractivity contribution in [2.75, 3.05) is 5.32 Å². The third-order valence-corrected chi connectivity index (χ3v) is 1.96. The summed E-state index contributed by atoms with van der Waals surface area (Å²) in [7, 11) is 0. The molecule has 0 aliphatic carbocycles. The number of nitrogens with one attached hydrogen (secondary N) is 2. The van der Waals surface area contributed by atoms with Crippen LogP contribution in [0.2, 0.25) is 0 Å². The Labute approximate surface area is 87.4 Å². The number of hydrogen-bond acceptors (Lipinski definition) is 2. The van der Waals surface area contributed by atoms with E-state index in [-0.39, 0.29) is 5.91 Å². The molecule has 0 saturated heterocycles. The quantitative estimate of drug-likeness (QED) is 0.792. The predicted molar refractivity (Wildman–Crippen MR) is 57.4 cm³/mol. The van der Waals surface area contributed by atoms with Gasteiger partial charge in [0.1, 0.15) is 0 Å². The van der Waals surface area contributed by atoms with Crippen LogP contribution in [0.4, 0.5) is 5.69 Å². The summed E-state index contributed by atoms with van der Waals surface area (Å²) in [6, 6.07) is 9.37. The second-order valence-corrected chi connectivity index (χ2v) is 3.17. The molecule has 15 heavy (non-hydrogen) atoms. The van der Waals surface area contributed by atoms with E-state index < -0.39 is 0 Å². The van der Waals surface area contributed by atoms with Crippen LogP contribution in [0.3, 0.4) is 0 Å². The molecular weight excluding hydrogens is 190 g/mol. The van der Waals surface area contributed by atoms with E-state index in [2.05, 4.69) is 15.3 Å². The van der Waals surface area contributed by atoms with Crippen LogP contribution in [0.5, 0.6) is 0 Å². The molecule has 0 fully saturated rings. The number of carbonyl (C=O) groups is 1. The van der Waals surface area contributed by atoms with Gasteiger partial charge in [0.25, 0.3) is 0 Å². The van der Waals surface area contributed by atoms with Gasteiger partial charge in [0, 0.05) is 17.6 Å². The number of aromatic nitrogens is 2. The van der Waals surface area contributed by atoms with Crippen LogP contribution in [-0.4, -0.2) is 15.9 Å². The van der Waals surface area contributed by atoms with Gasteiger partial charge in [-0.25, -0.2) is 4.98 Å². The van der Waals surface area contributed by atoms with Gasteiger partial charge in [0.05, 0.1) is 12.7 Å². The molecule has 2 aromatic rings. The van der Waals surface area contributed by atoms with Gasteiger partial charge in [-0.2, -0.15) is 0 Å². The zero-order valence-corrected chi connectivity index (χ0v) is 8.10. The Morgan fingerprint density at radius 3 is 2.80 bits per heavy atom. The molecular formula is C11H11N3O. The van der Waals surface area contributed by atoms with Crippen molar-refractivity contribution in [2.24, 2.45) is 0 Å². The van der Waals surface area contributed by atoms with Crippen LogP contribution in [0.1, 0.15) is 5.69 Å². The Morgan fingerprint density at radius 2 is 2.13 bits per heavy atom. The molecule has 2 rings (SSSR count). The van der Waals surface area contributed by atoms with Gasteiger partial charge >= 0.3 is 0 Å². The number of amides is 1. The van der Waals surface area contributed by atoms with E-state index in [1.165, 1.54) is 0 Å². The molecule has 1 aromatic carbocycles. The van der Waals surface area contributed by atoms with Gasteiger partial charge in [-0.1, -0.05) is 18.2 Å². The maximum absolute atomic E-state index is 11.5. The van der Waals surface area contributed by atoms with Crippen LogP contribution >= 0.6 is 0 Å². The first kappa shape index (κ1) is 9.45. The molecule has 0 atom stereocenters. The van der Waals surface area contributed by atoms with Gasteiger partial charge < -0.3 is 10.3 Å². The molecule has 0 bridgehead atoms. The summed E-state index contributed by atoms with van der Waals surface area (Å²) in [6.07, 6.45) is 3.52. The van der Waals surface area contributed by atoms with Crippen LogP contribution in [0.25, 0.3) is 0 Å². The predicted octanol–water partition coefficient (Wildman–Crippen LogP) is 1.59. The summed E-state index contributed by atoms with van der Waals surface area (Å²) in [4.78, 5) is 18.2. The molecule has 4 heteroatoms. The molecule has 0 aliphatic rings. The molecule has 76 valence electrons. The number of anilines is 1. The largest absolute Gasteiger partial charge is 0.348 e. The molecule has 0 spiro atoms. The monoisotopic (exact) mass is 201 g/mol. The zero-order chi connectivity index (χ0) is 10.5. The number of rotatable bonds is 3. The fourth-order valence-electron chi connectivity index (χ4n) is 1.28. The van der Waals surface area contributed by atoms with Crippen LogP contribution in [-0.2, 0) is 11.2 Å². The number of benzene rings is 1. The van der Waals surface area contributed by atoms with Crippen molar-refractivity contribution in [3.05, 3.63) is 48.5 Å². The fraction of sp³-hybridized carbons (Fsp3) is 0.0909. The van der Waals surface area contributed by atoms with Gasteiger partial charge in [-0.15, -0.1) is 0 Å². The number of carbonyl (C=O) groups excluding carboxylic acids is 1. The van der Waals surface area contributed by atoms with Gasteiger partial charge in [-0.3, -0.25) is 4.79 Å². The summed E-state index contributed by atoms with van der Waals surface area (Å²) < 4.78 is 0. The topological polar surface area (TPSA) is 57.8 Å².